The Hall–Kier alpha value is -1.18. The lowest BCUT2D eigenvalue weighted by Crippen LogP contribution is -2.67. The fraction of sp³-hybridized carbons (Fsp3) is 0.950. The third-order valence-electron chi connectivity index (χ3n) is 17.4. The molecule has 1 aliphatic heterocycles. The number of esters is 1. The van der Waals surface area contributed by atoms with E-state index in [0.717, 1.165) is 50.7 Å². The molecule has 7 nitrogen and oxygen atoms in total. The molecule has 7 fully saturated rings. The van der Waals surface area contributed by atoms with Crippen LogP contribution in [-0.2, 0) is 14.3 Å². The third kappa shape index (κ3) is 5.27. The maximum absolute atomic E-state index is 13.2. The summed E-state index contributed by atoms with van der Waals surface area (Å²) in [7, 11) is 0. The first kappa shape index (κ1) is 34.3. The van der Waals surface area contributed by atoms with Crippen molar-refractivity contribution in [3.63, 3.8) is 0 Å². The highest BCUT2D eigenvalue weighted by Crippen LogP contribution is 2.75. The number of aliphatic hydroxyl groups excluding tert-OH is 1. The molecule has 0 spiro atoms. The van der Waals surface area contributed by atoms with Crippen molar-refractivity contribution in [1.29, 1.82) is 0 Å². The summed E-state index contributed by atoms with van der Waals surface area (Å²) in [5.41, 5.74) is 1.29. The molecule has 12 unspecified atom stereocenters. The van der Waals surface area contributed by atoms with Crippen molar-refractivity contribution < 1.29 is 24.5 Å². The zero-order valence-electron chi connectivity index (χ0n) is 30.3. The molecule has 266 valence electrons. The number of nitrogens with zero attached hydrogens (tertiary/aromatic N) is 1. The Labute approximate surface area is 284 Å². The van der Waals surface area contributed by atoms with Gasteiger partial charge >= 0.3 is 11.9 Å². The number of fused-ring (bicyclic) bond motifs is 7. The minimum atomic E-state index is -0.783. The van der Waals surface area contributed by atoms with Crippen molar-refractivity contribution >= 4 is 11.9 Å². The summed E-state index contributed by atoms with van der Waals surface area (Å²) in [6.07, 6.45) is 18.1. The number of nitrogens with one attached hydrogen (secondary N) is 1. The van der Waals surface area contributed by atoms with E-state index in [-0.39, 0.29) is 29.3 Å². The Balaban J connectivity index is 1.02. The summed E-state index contributed by atoms with van der Waals surface area (Å²) < 4.78 is 6.25. The Morgan fingerprint density at radius 3 is 2.36 bits per heavy atom. The van der Waals surface area contributed by atoms with Crippen LogP contribution in [0.5, 0.6) is 0 Å². The SMILES string of the molecule is CC1C(C(=O)O)CC1C(=O)OC1CCC2(C)C(CCC3(C)C2CCC2[C@H]4CCCC4(NCCN4CCCCC4CO)CC[C@]23C)C1C. The number of aliphatic carboxylic acids is 1. The van der Waals surface area contributed by atoms with Gasteiger partial charge in [-0.2, -0.15) is 0 Å². The summed E-state index contributed by atoms with van der Waals surface area (Å²) in [5, 5.41) is 23.6. The highest BCUT2D eigenvalue weighted by molar-refractivity contribution is 5.80. The van der Waals surface area contributed by atoms with Crippen LogP contribution in [0.2, 0.25) is 0 Å². The first-order valence-corrected chi connectivity index (χ1v) is 19.9. The van der Waals surface area contributed by atoms with Crippen LogP contribution in [-0.4, -0.2) is 71.0 Å². The van der Waals surface area contributed by atoms with Crippen molar-refractivity contribution in [1.82, 2.24) is 10.2 Å². The molecule has 7 rings (SSSR count). The Morgan fingerprint density at radius 1 is 0.809 bits per heavy atom. The molecule has 1 heterocycles. The molecule has 14 atom stereocenters. The normalized spacial score (nSPS) is 51.1. The average molecular weight is 655 g/mol. The third-order valence-corrected chi connectivity index (χ3v) is 17.4. The maximum atomic E-state index is 13.2. The Kier molecular flexibility index (Phi) is 9.15. The quantitative estimate of drug-likeness (QED) is 0.245. The van der Waals surface area contributed by atoms with Gasteiger partial charge in [-0.3, -0.25) is 14.5 Å². The number of ether oxygens (including phenoxy) is 1. The fourth-order valence-electron chi connectivity index (χ4n) is 14.3. The van der Waals surface area contributed by atoms with Crippen LogP contribution in [0.4, 0.5) is 0 Å². The van der Waals surface area contributed by atoms with E-state index in [0.29, 0.717) is 53.2 Å². The van der Waals surface area contributed by atoms with Gasteiger partial charge in [0.1, 0.15) is 6.10 Å². The van der Waals surface area contributed by atoms with E-state index in [1.807, 2.05) is 6.92 Å². The molecule has 0 aromatic heterocycles. The van der Waals surface area contributed by atoms with Crippen molar-refractivity contribution in [2.24, 2.45) is 63.6 Å². The fourth-order valence-corrected chi connectivity index (χ4v) is 14.3. The molecule has 1 saturated heterocycles. The second kappa shape index (κ2) is 12.5. The number of aliphatic hydroxyl groups is 1. The van der Waals surface area contributed by atoms with Gasteiger partial charge in [0, 0.05) is 24.7 Å². The van der Waals surface area contributed by atoms with E-state index >= 15 is 0 Å². The van der Waals surface area contributed by atoms with Crippen LogP contribution in [0.15, 0.2) is 0 Å². The molecule has 47 heavy (non-hydrogen) atoms. The van der Waals surface area contributed by atoms with Gasteiger partial charge in [0.05, 0.1) is 18.4 Å². The van der Waals surface area contributed by atoms with Gasteiger partial charge in [0.15, 0.2) is 0 Å². The molecular weight excluding hydrogens is 588 g/mol. The number of hydrogen-bond donors (Lipinski definition) is 3. The number of carbonyl (C=O) groups is 2. The topological polar surface area (TPSA) is 99.1 Å². The highest BCUT2D eigenvalue weighted by Gasteiger charge is 2.69. The molecule has 0 aromatic carbocycles. The van der Waals surface area contributed by atoms with Crippen molar-refractivity contribution in [3.8, 4) is 0 Å². The highest BCUT2D eigenvalue weighted by atomic mass is 16.5. The van der Waals surface area contributed by atoms with Gasteiger partial charge in [-0.05, 0) is 142 Å². The summed E-state index contributed by atoms with van der Waals surface area (Å²) >= 11 is 0. The van der Waals surface area contributed by atoms with Crippen LogP contribution in [0, 0.1) is 63.6 Å². The first-order valence-electron chi connectivity index (χ1n) is 19.9. The van der Waals surface area contributed by atoms with E-state index in [2.05, 4.69) is 37.9 Å². The molecule has 0 amide bonds. The second-order valence-corrected chi connectivity index (χ2v) is 18.7. The molecule has 6 aliphatic carbocycles. The number of carbonyl (C=O) groups excluding carboxylic acids is 1. The molecule has 7 aliphatic rings. The number of likely N-dealkylation sites (tertiary alicyclic amines) is 1. The van der Waals surface area contributed by atoms with Crippen molar-refractivity contribution in [2.75, 3.05) is 26.2 Å². The molecule has 6 saturated carbocycles. The monoisotopic (exact) mass is 654 g/mol. The zero-order chi connectivity index (χ0) is 33.4. The standard InChI is InChI=1S/C40H66N2O5/c1-25-28(35(44)45)23-29(25)36(46)47-33-14-16-37(3)30(26(33)2)13-17-39(5)34(37)12-11-31-32-10-8-15-40(32,19-18-38(31,39)4)41-20-22-42-21-7-6-9-27(42)24-43/h25-34,41,43H,6-24H2,1-5H3,(H,44,45)/t25?,26?,27?,28?,29?,30?,31?,32-,33?,34?,37?,38-,39?,40?/m1/s1. The number of piperidine rings is 1. The zero-order valence-corrected chi connectivity index (χ0v) is 30.3. The van der Waals surface area contributed by atoms with Crippen LogP contribution in [0.1, 0.15) is 131 Å². The van der Waals surface area contributed by atoms with E-state index in [1.165, 1.54) is 70.6 Å². The van der Waals surface area contributed by atoms with E-state index in [1.54, 1.807) is 0 Å². The van der Waals surface area contributed by atoms with Crippen molar-refractivity contribution in [2.45, 2.75) is 149 Å². The predicted octanol–water partition coefficient (Wildman–Crippen LogP) is 6.91. The lowest BCUT2D eigenvalue weighted by atomic mass is 9.34. The molecule has 3 N–H and O–H groups in total. The number of carboxylic acid groups (broad SMARTS) is 1. The van der Waals surface area contributed by atoms with Crippen LogP contribution in [0.3, 0.4) is 0 Å². The lowest BCUT2D eigenvalue weighted by Gasteiger charge is -2.71. The van der Waals surface area contributed by atoms with Gasteiger partial charge in [-0.25, -0.2) is 0 Å². The summed E-state index contributed by atoms with van der Waals surface area (Å²) in [6, 6.07) is 0.353. The first-order chi connectivity index (χ1) is 22.4. The predicted molar refractivity (Wildman–Crippen MR) is 184 cm³/mol. The van der Waals surface area contributed by atoms with E-state index in [4.69, 9.17) is 4.74 Å². The number of hydrogen-bond acceptors (Lipinski definition) is 6. The number of carboxylic acids is 1. The molecule has 0 bridgehead atoms. The second-order valence-electron chi connectivity index (χ2n) is 18.7. The smallest absolute Gasteiger partial charge is 0.309 e. The van der Waals surface area contributed by atoms with E-state index < -0.39 is 11.9 Å². The van der Waals surface area contributed by atoms with Gasteiger partial charge in [-0.1, -0.05) is 47.5 Å². The maximum Gasteiger partial charge on any atom is 0.309 e. The molecule has 0 radical (unpaired) electrons. The summed E-state index contributed by atoms with van der Waals surface area (Å²) in [5.74, 6) is 1.49. The van der Waals surface area contributed by atoms with Crippen LogP contribution < -0.4 is 5.32 Å². The average Bonchev–Trinajstić information content (AvgIpc) is 3.46. The minimum absolute atomic E-state index is 0.0367. The largest absolute Gasteiger partial charge is 0.481 e. The molecule has 7 heteroatoms. The summed E-state index contributed by atoms with van der Waals surface area (Å²) in [6.45, 7) is 15.9. The van der Waals surface area contributed by atoms with E-state index in [9.17, 15) is 19.8 Å². The van der Waals surface area contributed by atoms with Crippen LogP contribution in [0.25, 0.3) is 0 Å². The van der Waals surface area contributed by atoms with Crippen molar-refractivity contribution in [3.05, 3.63) is 0 Å². The van der Waals surface area contributed by atoms with Crippen LogP contribution >= 0.6 is 0 Å². The number of rotatable bonds is 8. The summed E-state index contributed by atoms with van der Waals surface area (Å²) in [4.78, 5) is 27.2. The molecular formula is C40H66N2O5. The minimum Gasteiger partial charge on any atom is -0.481 e. The lowest BCUT2D eigenvalue weighted by molar-refractivity contribution is -0.231. The molecule has 0 aromatic rings. The van der Waals surface area contributed by atoms with Gasteiger partial charge in [0.25, 0.3) is 0 Å². The Morgan fingerprint density at radius 2 is 1.62 bits per heavy atom. The van der Waals surface area contributed by atoms with Gasteiger partial charge in [0.2, 0.25) is 0 Å². The van der Waals surface area contributed by atoms with Gasteiger partial charge in [-0.15, -0.1) is 0 Å². The van der Waals surface area contributed by atoms with Gasteiger partial charge < -0.3 is 20.3 Å². The Bertz CT molecular complexity index is 1200.